The molecule has 1 N–H and O–H groups in total. The highest BCUT2D eigenvalue weighted by Gasteiger charge is 2.05. The van der Waals surface area contributed by atoms with Crippen LogP contribution in [0, 0.1) is 0 Å². The van der Waals surface area contributed by atoms with Crippen LogP contribution in [0.3, 0.4) is 0 Å². The first-order valence-electron chi connectivity index (χ1n) is 4.74. The van der Waals surface area contributed by atoms with Gasteiger partial charge in [0.2, 0.25) is 0 Å². The van der Waals surface area contributed by atoms with Crippen LogP contribution < -0.4 is 0 Å². The standard InChI is InChI=1S/C12H11ClO3/c13-11-5-4-10(8-12(15)16)9(7-11)3-1-2-6-14/h1,3-7H,2,8H2,(H,15,16). The second-order valence-corrected chi connectivity index (χ2v) is 3.65. The van der Waals surface area contributed by atoms with E-state index in [9.17, 15) is 9.59 Å². The van der Waals surface area contributed by atoms with E-state index >= 15 is 0 Å². The first kappa shape index (κ1) is 12.5. The molecule has 0 aromatic heterocycles. The van der Waals surface area contributed by atoms with Gasteiger partial charge in [0, 0.05) is 11.4 Å². The number of aldehydes is 1. The van der Waals surface area contributed by atoms with Crippen molar-refractivity contribution in [2.75, 3.05) is 0 Å². The van der Waals surface area contributed by atoms with Gasteiger partial charge in [-0.25, -0.2) is 0 Å². The molecule has 4 heteroatoms. The van der Waals surface area contributed by atoms with Gasteiger partial charge in [-0.05, 0) is 23.3 Å². The summed E-state index contributed by atoms with van der Waals surface area (Å²) in [5.41, 5.74) is 1.41. The van der Waals surface area contributed by atoms with Crippen molar-refractivity contribution in [3.8, 4) is 0 Å². The number of benzene rings is 1. The molecule has 1 rings (SSSR count). The fraction of sp³-hybridized carbons (Fsp3) is 0.167. The van der Waals surface area contributed by atoms with Crippen LogP contribution in [0.15, 0.2) is 24.3 Å². The molecule has 0 saturated heterocycles. The zero-order chi connectivity index (χ0) is 12.0. The third-order valence-electron chi connectivity index (χ3n) is 1.98. The quantitative estimate of drug-likeness (QED) is 0.802. The summed E-state index contributed by atoms with van der Waals surface area (Å²) >= 11 is 5.82. The Balaban J connectivity index is 2.97. The second-order valence-electron chi connectivity index (χ2n) is 3.22. The van der Waals surface area contributed by atoms with Crippen LogP contribution in [0.5, 0.6) is 0 Å². The minimum atomic E-state index is -0.896. The molecule has 1 aromatic rings. The molecule has 16 heavy (non-hydrogen) atoms. The Labute approximate surface area is 98.4 Å². The van der Waals surface area contributed by atoms with E-state index in [2.05, 4.69) is 0 Å². The summed E-state index contributed by atoms with van der Waals surface area (Å²) in [6.45, 7) is 0. The Hall–Kier alpha value is -1.61. The number of carboxylic acids is 1. The van der Waals surface area contributed by atoms with Gasteiger partial charge in [-0.2, -0.15) is 0 Å². The summed E-state index contributed by atoms with van der Waals surface area (Å²) in [7, 11) is 0. The smallest absolute Gasteiger partial charge is 0.307 e. The van der Waals surface area contributed by atoms with E-state index in [0.717, 1.165) is 11.8 Å². The van der Waals surface area contributed by atoms with Crippen molar-refractivity contribution in [3.63, 3.8) is 0 Å². The molecule has 0 saturated carbocycles. The fourth-order valence-electron chi connectivity index (χ4n) is 1.30. The minimum Gasteiger partial charge on any atom is -0.481 e. The van der Waals surface area contributed by atoms with Gasteiger partial charge in [-0.1, -0.05) is 29.8 Å². The van der Waals surface area contributed by atoms with Crippen molar-refractivity contribution in [1.82, 2.24) is 0 Å². The molecular weight excluding hydrogens is 228 g/mol. The lowest BCUT2D eigenvalue weighted by Gasteiger charge is -2.03. The van der Waals surface area contributed by atoms with E-state index in [1.165, 1.54) is 0 Å². The number of rotatable bonds is 5. The predicted octanol–water partition coefficient (Wildman–Crippen LogP) is 2.57. The number of halogens is 1. The zero-order valence-corrected chi connectivity index (χ0v) is 9.28. The van der Waals surface area contributed by atoms with E-state index in [0.29, 0.717) is 17.0 Å². The third-order valence-corrected chi connectivity index (χ3v) is 2.21. The maximum atomic E-state index is 10.6. The molecule has 0 radical (unpaired) electrons. The highest BCUT2D eigenvalue weighted by Crippen LogP contribution is 2.18. The fourth-order valence-corrected chi connectivity index (χ4v) is 1.48. The lowest BCUT2D eigenvalue weighted by atomic mass is 10.0. The summed E-state index contributed by atoms with van der Waals surface area (Å²) < 4.78 is 0. The average Bonchev–Trinajstić information content (AvgIpc) is 2.22. The molecule has 84 valence electrons. The molecule has 0 unspecified atom stereocenters. The number of allylic oxidation sites excluding steroid dienone is 1. The number of aliphatic carboxylic acids is 1. The van der Waals surface area contributed by atoms with Gasteiger partial charge in [-0.15, -0.1) is 0 Å². The van der Waals surface area contributed by atoms with Crippen molar-refractivity contribution in [2.45, 2.75) is 12.8 Å². The Morgan fingerprint density at radius 3 is 2.81 bits per heavy atom. The lowest BCUT2D eigenvalue weighted by molar-refractivity contribution is -0.136. The van der Waals surface area contributed by atoms with E-state index in [1.54, 1.807) is 30.4 Å². The van der Waals surface area contributed by atoms with E-state index in [-0.39, 0.29) is 6.42 Å². The normalized spacial score (nSPS) is 10.6. The van der Waals surface area contributed by atoms with E-state index in [1.807, 2.05) is 0 Å². The topological polar surface area (TPSA) is 54.4 Å². The summed E-state index contributed by atoms with van der Waals surface area (Å²) in [5.74, 6) is -0.896. The molecular formula is C12H11ClO3. The van der Waals surface area contributed by atoms with Crippen LogP contribution >= 0.6 is 11.6 Å². The highest BCUT2D eigenvalue weighted by atomic mass is 35.5. The molecule has 0 amide bonds. The minimum absolute atomic E-state index is 0.0576. The zero-order valence-electron chi connectivity index (χ0n) is 8.52. The highest BCUT2D eigenvalue weighted by molar-refractivity contribution is 6.30. The Kier molecular flexibility index (Phi) is 4.73. The van der Waals surface area contributed by atoms with E-state index in [4.69, 9.17) is 16.7 Å². The molecule has 0 aliphatic heterocycles. The number of carbonyl (C=O) groups excluding carboxylic acids is 1. The first-order valence-corrected chi connectivity index (χ1v) is 5.11. The van der Waals surface area contributed by atoms with E-state index < -0.39 is 5.97 Å². The van der Waals surface area contributed by atoms with Crippen molar-refractivity contribution in [2.24, 2.45) is 0 Å². The van der Waals surface area contributed by atoms with Crippen molar-refractivity contribution in [1.29, 1.82) is 0 Å². The number of hydrogen-bond donors (Lipinski definition) is 1. The van der Waals surface area contributed by atoms with Crippen LogP contribution in [0.4, 0.5) is 0 Å². The molecule has 0 fully saturated rings. The second kappa shape index (κ2) is 6.08. The maximum Gasteiger partial charge on any atom is 0.307 e. The largest absolute Gasteiger partial charge is 0.481 e. The molecule has 3 nitrogen and oxygen atoms in total. The monoisotopic (exact) mass is 238 g/mol. The summed E-state index contributed by atoms with van der Waals surface area (Å²) in [6.07, 6.45) is 4.40. The van der Waals surface area contributed by atoms with Crippen LogP contribution in [0.1, 0.15) is 17.5 Å². The van der Waals surface area contributed by atoms with Gasteiger partial charge in [0.1, 0.15) is 6.29 Å². The molecule has 0 spiro atoms. The molecule has 0 aliphatic rings. The summed E-state index contributed by atoms with van der Waals surface area (Å²) in [4.78, 5) is 20.8. The average molecular weight is 239 g/mol. The number of hydrogen-bond acceptors (Lipinski definition) is 2. The van der Waals surface area contributed by atoms with Crippen molar-refractivity contribution >= 4 is 29.9 Å². The number of carboxylic acid groups (broad SMARTS) is 1. The van der Waals surface area contributed by atoms with Crippen LogP contribution in [0.2, 0.25) is 5.02 Å². The third kappa shape index (κ3) is 3.87. The van der Waals surface area contributed by atoms with Crippen LogP contribution in [-0.4, -0.2) is 17.4 Å². The first-order chi connectivity index (χ1) is 7.63. The van der Waals surface area contributed by atoms with Crippen LogP contribution in [-0.2, 0) is 16.0 Å². The van der Waals surface area contributed by atoms with Crippen molar-refractivity contribution < 1.29 is 14.7 Å². The maximum absolute atomic E-state index is 10.6. The Morgan fingerprint density at radius 2 is 2.19 bits per heavy atom. The lowest BCUT2D eigenvalue weighted by Crippen LogP contribution is -2.01. The SMILES string of the molecule is O=CCC=Cc1cc(Cl)ccc1CC(=O)O. The van der Waals surface area contributed by atoms with Crippen LogP contribution in [0.25, 0.3) is 6.08 Å². The predicted molar refractivity (Wildman–Crippen MR) is 62.5 cm³/mol. The molecule has 0 atom stereocenters. The molecule has 1 aromatic carbocycles. The summed E-state index contributed by atoms with van der Waals surface area (Å²) in [6, 6.07) is 5.01. The van der Waals surface area contributed by atoms with Gasteiger partial charge < -0.3 is 9.90 Å². The Morgan fingerprint density at radius 1 is 1.44 bits per heavy atom. The molecule has 0 heterocycles. The molecule has 0 bridgehead atoms. The number of carbonyl (C=O) groups is 2. The van der Waals surface area contributed by atoms with Gasteiger partial charge in [0.05, 0.1) is 6.42 Å². The van der Waals surface area contributed by atoms with Gasteiger partial charge in [0.25, 0.3) is 0 Å². The van der Waals surface area contributed by atoms with Gasteiger partial charge in [0.15, 0.2) is 0 Å². The van der Waals surface area contributed by atoms with Gasteiger partial charge >= 0.3 is 5.97 Å². The molecule has 0 aliphatic carbocycles. The summed E-state index contributed by atoms with van der Waals surface area (Å²) in [5, 5.41) is 9.26. The van der Waals surface area contributed by atoms with Gasteiger partial charge in [-0.3, -0.25) is 4.79 Å². The van der Waals surface area contributed by atoms with Crippen molar-refractivity contribution in [3.05, 3.63) is 40.4 Å². The Bertz CT molecular complexity index is 424.